The number of carbonyl (C=O) groups excluding carboxylic acids is 1. The number of carbonyl (C=O) groups is 1. The highest BCUT2D eigenvalue weighted by molar-refractivity contribution is 6.04. The maximum atomic E-state index is 13.0. The maximum absolute atomic E-state index is 13.0. The number of alkyl halides is 3. The van der Waals surface area contributed by atoms with Gasteiger partial charge in [-0.2, -0.15) is 13.2 Å². The first-order valence-corrected chi connectivity index (χ1v) is 11.2. The van der Waals surface area contributed by atoms with Crippen molar-refractivity contribution in [2.75, 3.05) is 10.6 Å². The highest BCUT2D eigenvalue weighted by atomic mass is 19.4. The number of H-pyrrole nitrogens is 1. The minimum Gasteiger partial charge on any atom is -0.355 e. The summed E-state index contributed by atoms with van der Waals surface area (Å²) in [7, 11) is 0. The van der Waals surface area contributed by atoms with Crippen molar-refractivity contribution >= 4 is 34.0 Å². The fourth-order valence-corrected chi connectivity index (χ4v) is 3.92. The molecule has 36 heavy (non-hydrogen) atoms. The van der Waals surface area contributed by atoms with E-state index in [1.54, 1.807) is 12.1 Å². The molecule has 8 heteroatoms. The van der Waals surface area contributed by atoms with Gasteiger partial charge in [-0.3, -0.25) is 4.79 Å². The SMILES string of the molecule is Cc1ccc(NC(=O)c2cccc(C(F)(F)F)c2)cc1Nc1cc(-c2ccccc2)nc2[nH]ccc12. The number of aromatic nitrogens is 2. The van der Waals surface area contributed by atoms with Crippen LogP contribution in [0.1, 0.15) is 21.5 Å². The molecule has 5 nitrogen and oxygen atoms in total. The summed E-state index contributed by atoms with van der Waals surface area (Å²) in [5, 5.41) is 7.02. The van der Waals surface area contributed by atoms with E-state index in [2.05, 4.69) is 15.6 Å². The van der Waals surface area contributed by atoms with Crippen molar-refractivity contribution in [3.63, 3.8) is 0 Å². The lowest BCUT2D eigenvalue weighted by atomic mass is 10.1. The molecule has 0 saturated carbocycles. The number of aryl methyl sites for hydroxylation is 1. The summed E-state index contributed by atoms with van der Waals surface area (Å²) in [5.74, 6) is -0.626. The third-order valence-electron chi connectivity index (χ3n) is 5.82. The first-order chi connectivity index (χ1) is 17.3. The van der Waals surface area contributed by atoms with Gasteiger partial charge in [0.05, 0.1) is 16.9 Å². The van der Waals surface area contributed by atoms with E-state index in [9.17, 15) is 18.0 Å². The standard InChI is InChI=1S/C28H21F3N4O/c1-17-10-11-21(33-27(36)19-8-5-9-20(14-19)28(29,30)31)15-23(17)34-25-16-24(18-6-3-2-4-7-18)35-26-22(25)12-13-32-26/h2-16H,1H3,(H,33,36)(H2,32,34,35). The van der Waals surface area contributed by atoms with Gasteiger partial charge in [0, 0.05) is 34.1 Å². The van der Waals surface area contributed by atoms with Gasteiger partial charge < -0.3 is 15.6 Å². The summed E-state index contributed by atoms with van der Waals surface area (Å²) in [4.78, 5) is 20.5. The van der Waals surface area contributed by atoms with Crippen molar-refractivity contribution in [3.05, 3.63) is 108 Å². The summed E-state index contributed by atoms with van der Waals surface area (Å²) in [5.41, 5.74) is 4.48. The molecule has 0 saturated heterocycles. The molecule has 0 atom stereocenters. The topological polar surface area (TPSA) is 69.8 Å². The number of pyridine rings is 1. The summed E-state index contributed by atoms with van der Waals surface area (Å²) < 4.78 is 39.1. The normalized spacial score (nSPS) is 11.4. The van der Waals surface area contributed by atoms with Gasteiger partial charge in [-0.25, -0.2) is 4.98 Å². The van der Waals surface area contributed by atoms with Crippen LogP contribution in [0.15, 0.2) is 91.1 Å². The number of anilines is 3. The number of fused-ring (bicyclic) bond motifs is 1. The minimum absolute atomic E-state index is 0.0735. The van der Waals surface area contributed by atoms with Gasteiger partial charge in [0.25, 0.3) is 5.91 Å². The van der Waals surface area contributed by atoms with E-state index in [1.807, 2.05) is 61.7 Å². The number of aromatic amines is 1. The first kappa shape index (κ1) is 23.2. The van der Waals surface area contributed by atoms with Crippen LogP contribution in [0.25, 0.3) is 22.3 Å². The van der Waals surface area contributed by atoms with Crippen LogP contribution < -0.4 is 10.6 Å². The van der Waals surface area contributed by atoms with E-state index < -0.39 is 17.6 Å². The number of nitrogens with one attached hydrogen (secondary N) is 3. The van der Waals surface area contributed by atoms with E-state index in [1.165, 1.54) is 12.1 Å². The van der Waals surface area contributed by atoms with Gasteiger partial charge in [-0.1, -0.05) is 42.5 Å². The third-order valence-corrected chi connectivity index (χ3v) is 5.82. The smallest absolute Gasteiger partial charge is 0.355 e. The number of hydrogen-bond donors (Lipinski definition) is 3. The number of amides is 1. The molecule has 5 aromatic rings. The van der Waals surface area contributed by atoms with Crippen LogP contribution in [0, 0.1) is 6.92 Å². The lowest BCUT2D eigenvalue weighted by Gasteiger charge is -2.15. The Balaban J connectivity index is 1.44. The predicted octanol–water partition coefficient (Wildman–Crippen LogP) is 7.55. The van der Waals surface area contributed by atoms with Gasteiger partial charge in [0.1, 0.15) is 5.65 Å². The second-order valence-electron chi connectivity index (χ2n) is 8.35. The molecule has 3 aromatic carbocycles. The quantitative estimate of drug-likeness (QED) is 0.240. The molecule has 0 radical (unpaired) electrons. The Morgan fingerprint density at radius 1 is 0.889 bits per heavy atom. The number of nitrogens with zero attached hydrogens (tertiary/aromatic N) is 1. The molecule has 5 rings (SSSR count). The fraction of sp³-hybridized carbons (Fsp3) is 0.0714. The van der Waals surface area contributed by atoms with E-state index in [0.717, 1.165) is 51.4 Å². The molecule has 180 valence electrons. The minimum atomic E-state index is -4.52. The zero-order chi connectivity index (χ0) is 25.3. The third kappa shape index (κ3) is 4.79. The fourth-order valence-electron chi connectivity index (χ4n) is 3.92. The number of rotatable bonds is 5. The van der Waals surface area contributed by atoms with Crippen molar-refractivity contribution in [2.24, 2.45) is 0 Å². The molecule has 0 aliphatic rings. The van der Waals surface area contributed by atoms with Crippen LogP contribution in [-0.4, -0.2) is 15.9 Å². The zero-order valence-corrected chi connectivity index (χ0v) is 19.1. The molecule has 0 aliphatic heterocycles. The Kier molecular flexibility index (Phi) is 5.93. The van der Waals surface area contributed by atoms with Crippen molar-refractivity contribution in [3.8, 4) is 11.3 Å². The van der Waals surface area contributed by atoms with E-state index in [0.29, 0.717) is 5.69 Å². The Labute approximate surface area is 205 Å². The van der Waals surface area contributed by atoms with Crippen molar-refractivity contribution in [1.29, 1.82) is 0 Å². The van der Waals surface area contributed by atoms with Gasteiger partial charge >= 0.3 is 6.18 Å². The Hall–Kier alpha value is -4.59. The molecule has 0 spiro atoms. The van der Waals surface area contributed by atoms with Crippen molar-refractivity contribution in [1.82, 2.24) is 9.97 Å². The molecule has 0 bridgehead atoms. The zero-order valence-electron chi connectivity index (χ0n) is 19.1. The second-order valence-corrected chi connectivity index (χ2v) is 8.35. The maximum Gasteiger partial charge on any atom is 0.416 e. The van der Waals surface area contributed by atoms with Gasteiger partial charge in [0.15, 0.2) is 0 Å². The number of benzene rings is 3. The molecular weight excluding hydrogens is 465 g/mol. The van der Waals surface area contributed by atoms with E-state index in [4.69, 9.17) is 4.98 Å². The molecule has 1 amide bonds. The summed E-state index contributed by atoms with van der Waals surface area (Å²) in [6, 6.07) is 23.3. The van der Waals surface area contributed by atoms with Crippen molar-refractivity contribution in [2.45, 2.75) is 13.1 Å². The van der Waals surface area contributed by atoms with E-state index >= 15 is 0 Å². The van der Waals surface area contributed by atoms with Gasteiger partial charge in [0.2, 0.25) is 0 Å². The summed E-state index contributed by atoms with van der Waals surface area (Å²) in [6.45, 7) is 1.92. The number of hydrogen-bond acceptors (Lipinski definition) is 3. The van der Waals surface area contributed by atoms with Crippen LogP contribution in [-0.2, 0) is 6.18 Å². The Bertz CT molecular complexity index is 1560. The molecule has 2 heterocycles. The molecule has 0 unspecified atom stereocenters. The largest absolute Gasteiger partial charge is 0.416 e. The van der Waals surface area contributed by atoms with Gasteiger partial charge in [-0.05, 0) is 55.0 Å². The lowest BCUT2D eigenvalue weighted by molar-refractivity contribution is -0.137. The molecule has 2 aromatic heterocycles. The van der Waals surface area contributed by atoms with Crippen LogP contribution >= 0.6 is 0 Å². The van der Waals surface area contributed by atoms with Gasteiger partial charge in [-0.15, -0.1) is 0 Å². The second kappa shape index (κ2) is 9.22. The molecule has 0 fully saturated rings. The lowest BCUT2D eigenvalue weighted by Crippen LogP contribution is -2.14. The van der Waals surface area contributed by atoms with Crippen LogP contribution in [0.4, 0.5) is 30.2 Å². The molecule has 3 N–H and O–H groups in total. The van der Waals surface area contributed by atoms with E-state index in [-0.39, 0.29) is 5.56 Å². The van der Waals surface area contributed by atoms with Crippen LogP contribution in [0.5, 0.6) is 0 Å². The average Bonchev–Trinajstić information content (AvgIpc) is 3.35. The summed E-state index contributed by atoms with van der Waals surface area (Å²) >= 11 is 0. The Morgan fingerprint density at radius 3 is 2.47 bits per heavy atom. The van der Waals surface area contributed by atoms with Crippen molar-refractivity contribution < 1.29 is 18.0 Å². The molecule has 0 aliphatic carbocycles. The number of halogens is 3. The highest BCUT2D eigenvalue weighted by Gasteiger charge is 2.30. The van der Waals surface area contributed by atoms with Crippen LogP contribution in [0.2, 0.25) is 0 Å². The first-order valence-electron chi connectivity index (χ1n) is 11.2. The monoisotopic (exact) mass is 486 g/mol. The Morgan fingerprint density at radius 2 is 1.69 bits per heavy atom. The van der Waals surface area contributed by atoms with Crippen LogP contribution in [0.3, 0.4) is 0 Å². The summed E-state index contributed by atoms with van der Waals surface area (Å²) in [6.07, 6.45) is -2.71. The predicted molar refractivity (Wildman–Crippen MR) is 135 cm³/mol. The molecular formula is C28H21F3N4O. The average molecular weight is 486 g/mol. The highest BCUT2D eigenvalue weighted by Crippen LogP contribution is 2.33.